The Bertz CT molecular complexity index is 913. The number of rotatable bonds is 5. The van der Waals surface area contributed by atoms with Crippen LogP contribution in [0.5, 0.6) is 0 Å². The highest BCUT2D eigenvalue weighted by atomic mass is 35.5. The number of nitrogens with one attached hydrogen (secondary N) is 1. The quantitative estimate of drug-likeness (QED) is 0.643. The lowest BCUT2D eigenvalue weighted by Gasteiger charge is -2.09. The molecule has 1 aromatic heterocycles. The third-order valence-electron chi connectivity index (χ3n) is 3.34. The lowest BCUT2D eigenvalue weighted by molar-refractivity contribution is -0.113. The highest BCUT2D eigenvalue weighted by Crippen LogP contribution is 2.25. The fraction of sp³-hybridized carbons (Fsp3) is 0.118. The van der Waals surface area contributed by atoms with Gasteiger partial charge in [0.15, 0.2) is 5.16 Å². The van der Waals surface area contributed by atoms with Gasteiger partial charge in [-0.3, -0.25) is 9.36 Å². The maximum Gasteiger partial charge on any atom is 0.234 e. The molecule has 0 aliphatic rings. The third-order valence-corrected chi connectivity index (χ3v) is 4.84. The molecule has 5 nitrogen and oxygen atoms in total. The number of carbonyl (C=O) groups is 1. The van der Waals surface area contributed by atoms with Crippen molar-refractivity contribution in [2.45, 2.75) is 12.1 Å². The summed E-state index contributed by atoms with van der Waals surface area (Å²) in [5.41, 5.74) is 1.44. The van der Waals surface area contributed by atoms with Gasteiger partial charge in [0.05, 0.1) is 22.2 Å². The number of aromatic nitrogens is 3. The van der Waals surface area contributed by atoms with Crippen molar-refractivity contribution in [3.63, 3.8) is 0 Å². The summed E-state index contributed by atoms with van der Waals surface area (Å²) in [4.78, 5) is 12.2. The Hall–Kier alpha value is -2.02. The van der Waals surface area contributed by atoms with E-state index in [4.69, 9.17) is 23.2 Å². The number of carbonyl (C=O) groups excluding carboxylic acids is 1. The molecule has 0 atom stereocenters. The summed E-state index contributed by atoms with van der Waals surface area (Å²) in [5.74, 6) is 0.733. The summed E-state index contributed by atoms with van der Waals surface area (Å²) in [6.07, 6.45) is 0. The number of halogens is 2. The lowest BCUT2D eigenvalue weighted by Crippen LogP contribution is -2.14. The van der Waals surface area contributed by atoms with Gasteiger partial charge in [0.1, 0.15) is 5.82 Å². The predicted octanol–water partition coefficient (Wildman–Crippen LogP) is 4.61. The van der Waals surface area contributed by atoms with Gasteiger partial charge >= 0.3 is 0 Å². The summed E-state index contributed by atoms with van der Waals surface area (Å²) >= 11 is 13.4. The number of benzene rings is 2. The van der Waals surface area contributed by atoms with Gasteiger partial charge < -0.3 is 5.32 Å². The Kier molecular flexibility index (Phi) is 5.63. The molecule has 0 aliphatic heterocycles. The van der Waals surface area contributed by atoms with Crippen molar-refractivity contribution in [2.75, 3.05) is 11.1 Å². The number of para-hydroxylation sites is 1. The zero-order valence-corrected chi connectivity index (χ0v) is 15.6. The van der Waals surface area contributed by atoms with Crippen LogP contribution in [0, 0.1) is 6.92 Å². The molecule has 0 saturated heterocycles. The van der Waals surface area contributed by atoms with Crippen LogP contribution in [0.3, 0.4) is 0 Å². The second kappa shape index (κ2) is 7.91. The summed E-state index contributed by atoms with van der Waals surface area (Å²) in [7, 11) is 0. The molecule has 0 spiro atoms. The van der Waals surface area contributed by atoms with E-state index in [0.717, 1.165) is 11.5 Å². The molecule has 8 heteroatoms. The van der Waals surface area contributed by atoms with Gasteiger partial charge in [-0.1, -0.05) is 53.2 Å². The Labute approximate surface area is 159 Å². The molecule has 0 saturated carbocycles. The molecule has 0 fully saturated rings. The molecule has 25 heavy (non-hydrogen) atoms. The number of thioether (sulfide) groups is 1. The maximum atomic E-state index is 12.2. The van der Waals surface area contributed by atoms with Gasteiger partial charge in [-0.05, 0) is 37.3 Å². The number of anilines is 1. The highest BCUT2D eigenvalue weighted by Gasteiger charge is 2.14. The molecule has 1 N–H and O–H groups in total. The summed E-state index contributed by atoms with van der Waals surface area (Å²) < 4.78 is 1.86. The van der Waals surface area contributed by atoms with Gasteiger partial charge in [0, 0.05) is 5.02 Å². The molecule has 2 aromatic carbocycles. The van der Waals surface area contributed by atoms with E-state index >= 15 is 0 Å². The van der Waals surface area contributed by atoms with Gasteiger partial charge in [-0.15, -0.1) is 10.2 Å². The van der Waals surface area contributed by atoms with Crippen LogP contribution >= 0.6 is 35.0 Å². The van der Waals surface area contributed by atoms with Crippen molar-refractivity contribution >= 4 is 46.6 Å². The minimum atomic E-state index is -0.170. The lowest BCUT2D eigenvalue weighted by atomic mass is 10.3. The number of aryl methyl sites for hydroxylation is 1. The standard InChI is InChI=1S/C17H14Cl2N4OS/c1-11-21-22-17(23(11)13-6-4-5-12(18)9-13)25-10-16(24)20-15-8-3-2-7-14(15)19/h2-9H,10H2,1H3,(H,20,24). The first kappa shape index (κ1) is 17.8. The first-order valence-electron chi connectivity index (χ1n) is 7.40. The second-order valence-electron chi connectivity index (χ2n) is 5.16. The van der Waals surface area contributed by atoms with Crippen LogP contribution in [0.25, 0.3) is 5.69 Å². The molecule has 3 rings (SSSR count). The molecule has 0 bridgehead atoms. The Morgan fingerprint density at radius 3 is 2.72 bits per heavy atom. The van der Waals surface area contributed by atoms with E-state index in [1.807, 2.05) is 41.8 Å². The number of nitrogens with zero attached hydrogens (tertiary/aromatic N) is 3. The van der Waals surface area contributed by atoms with E-state index in [9.17, 15) is 4.79 Å². The zero-order valence-electron chi connectivity index (χ0n) is 13.2. The van der Waals surface area contributed by atoms with Crippen LogP contribution in [0.2, 0.25) is 10.0 Å². The van der Waals surface area contributed by atoms with Crippen molar-refractivity contribution in [2.24, 2.45) is 0 Å². The summed E-state index contributed by atoms with van der Waals surface area (Å²) in [6.45, 7) is 1.85. The fourth-order valence-electron chi connectivity index (χ4n) is 2.23. The molecule has 1 amide bonds. The first-order chi connectivity index (χ1) is 12.0. The summed E-state index contributed by atoms with van der Waals surface area (Å²) in [6, 6.07) is 14.5. The van der Waals surface area contributed by atoms with Crippen molar-refractivity contribution in [3.8, 4) is 5.69 Å². The van der Waals surface area contributed by atoms with Crippen molar-refractivity contribution in [1.29, 1.82) is 0 Å². The SMILES string of the molecule is Cc1nnc(SCC(=O)Nc2ccccc2Cl)n1-c1cccc(Cl)c1. The number of hydrogen-bond acceptors (Lipinski definition) is 4. The monoisotopic (exact) mass is 392 g/mol. The molecular weight excluding hydrogens is 379 g/mol. The fourth-order valence-corrected chi connectivity index (χ4v) is 3.39. The van der Waals surface area contributed by atoms with Crippen LogP contribution in [0.15, 0.2) is 53.7 Å². The van der Waals surface area contributed by atoms with E-state index in [-0.39, 0.29) is 11.7 Å². The largest absolute Gasteiger partial charge is 0.324 e. The molecule has 1 heterocycles. The number of hydrogen-bond donors (Lipinski definition) is 1. The minimum absolute atomic E-state index is 0.170. The topological polar surface area (TPSA) is 59.8 Å². The molecule has 0 aliphatic carbocycles. The molecule has 0 radical (unpaired) electrons. The van der Waals surface area contributed by atoms with Gasteiger partial charge in [-0.25, -0.2) is 0 Å². The van der Waals surface area contributed by atoms with E-state index in [0.29, 0.717) is 20.9 Å². The van der Waals surface area contributed by atoms with E-state index < -0.39 is 0 Å². The molecule has 3 aromatic rings. The van der Waals surface area contributed by atoms with Gasteiger partial charge in [-0.2, -0.15) is 0 Å². The molecule has 0 unspecified atom stereocenters. The second-order valence-corrected chi connectivity index (χ2v) is 6.95. The Balaban J connectivity index is 1.72. The predicted molar refractivity (Wildman–Crippen MR) is 102 cm³/mol. The van der Waals surface area contributed by atoms with Crippen LogP contribution < -0.4 is 5.32 Å². The van der Waals surface area contributed by atoms with Gasteiger partial charge in [0.2, 0.25) is 5.91 Å². The average Bonchev–Trinajstić information content (AvgIpc) is 2.96. The van der Waals surface area contributed by atoms with Crippen LogP contribution in [0.4, 0.5) is 5.69 Å². The highest BCUT2D eigenvalue weighted by molar-refractivity contribution is 7.99. The van der Waals surface area contributed by atoms with Crippen molar-refractivity contribution < 1.29 is 4.79 Å². The van der Waals surface area contributed by atoms with Gasteiger partial charge in [0.25, 0.3) is 0 Å². The van der Waals surface area contributed by atoms with Crippen molar-refractivity contribution in [3.05, 3.63) is 64.4 Å². The van der Waals surface area contributed by atoms with E-state index in [1.54, 1.807) is 18.2 Å². The van der Waals surface area contributed by atoms with Crippen LogP contribution in [-0.4, -0.2) is 26.4 Å². The van der Waals surface area contributed by atoms with Crippen molar-refractivity contribution in [1.82, 2.24) is 14.8 Å². The molecular formula is C17H14Cl2N4OS. The minimum Gasteiger partial charge on any atom is -0.324 e. The Morgan fingerprint density at radius 2 is 1.96 bits per heavy atom. The number of amides is 1. The van der Waals surface area contributed by atoms with E-state index in [1.165, 1.54) is 11.8 Å². The third kappa shape index (κ3) is 4.34. The van der Waals surface area contributed by atoms with E-state index in [2.05, 4.69) is 15.5 Å². The molecule has 128 valence electrons. The van der Waals surface area contributed by atoms with Crippen LogP contribution in [-0.2, 0) is 4.79 Å². The maximum absolute atomic E-state index is 12.2. The smallest absolute Gasteiger partial charge is 0.234 e. The van der Waals surface area contributed by atoms with Crippen LogP contribution in [0.1, 0.15) is 5.82 Å². The first-order valence-corrected chi connectivity index (χ1v) is 9.14. The normalized spacial score (nSPS) is 10.7. The summed E-state index contributed by atoms with van der Waals surface area (Å²) in [5, 5.41) is 12.8. The Morgan fingerprint density at radius 1 is 1.16 bits per heavy atom. The zero-order chi connectivity index (χ0) is 17.8. The average molecular weight is 393 g/mol.